The molecule has 0 aliphatic heterocycles. The SMILES string of the molecule is COc1cccc(Cl)c1CNc1snc(C)c1C(C)=O. The maximum absolute atomic E-state index is 11.6. The molecule has 106 valence electrons. The van der Waals surface area contributed by atoms with Crippen LogP contribution in [-0.2, 0) is 6.54 Å². The number of rotatable bonds is 5. The molecule has 0 saturated carbocycles. The van der Waals surface area contributed by atoms with Gasteiger partial charge in [0.2, 0.25) is 0 Å². The molecule has 0 fully saturated rings. The third-order valence-electron chi connectivity index (χ3n) is 2.94. The van der Waals surface area contributed by atoms with Gasteiger partial charge in [0.05, 0.1) is 18.4 Å². The van der Waals surface area contributed by atoms with Crippen LogP contribution < -0.4 is 10.1 Å². The van der Waals surface area contributed by atoms with Gasteiger partial charge < -0.3 is 10.1 Å². The number of hydrogen-bond donors (Lipinski definition) is 1. The van der Waals surface area contributed by atoms with Gasteiger partial charge in [-0.25, -0.2) is 0 Å². The molecule has 2 aromatic rings. The second-order valence-corrected chi connectivity index (χ2v) is 5.48. The summed E-state index contributed by atoms with van der Waals surface area (Å²) in [5, 5.41) is 4.61. The van der Waals surface area contributed by atoms with Crippen LogP contribution in [0.5, 0.6) is 5.75 Å². The van der Waals surface area contributed by atoms with E-state index < -0.39 is 0 Å². The van der Waals surface area contributed by atoms with E-state index in [9.17, 15) is 4.79 Å². The standard InChI is InChI=1S/C14H15ClN2O2S/c1-8-13(9(2)18)14(20-17-8)16-7-10-11(15)5-4-6-12(10)19-3/h4-6,16H,7H2,1-3H3. The van der Waals surface area contributed by atoms with Crippen LogP contribution >= 0.6 is 23.1 Å². The number of nitrogens with one attached hydrogen (secondary N) is 1. The predicted octanol–water partition coefficient (Wildman–Crippen LogP) is 3.93. The summed E-state index contributed by atoms with van der Waals surface area (Å²) in [6.45, 7) is 3.84. The van der Waals surface area contributed by atoms with Crippen LogP contribution in [0.15, 0.2) is 18.2 Å². The van der Waals surface area contributed by atoms with Gasteiger partial charge in [0.1, 0.15) is 10.8 Å². The Hall–Kier alpha value is -1.59. The van der Waals surface area contributed by atoms with E-state index in [1.54, 1.807) is 7.11 Å². The number of halogens is 1. The number of benzene rings is 1. The first-order chi connectivity index (χ1) is 9.54. The maximum Gasteiger partial charge on any atom is 0.164 e. The molecule has 1 aromatic heterocycles. The summed E-state index contributed by atoms with van der Waals surface area (Å²) in [5.41, 5.74) is 2.24. The number of hydrogen-bond acceptors (Lipinski definition) is 5. The quantitative estimate of drug-likeness (QED) is 0.850. The summed E-state index contributed by atoms with van der Waals surface area (Å²) < 4.78 is 9.50. The smallest absolute Gasteiger partial charge is 0.164 e. The lowest BCUT2D eigenvalue weighted by molar-refractivity contribution is 0.101. The summed E-state index contributed by atoms with van der Waals surface area (Å²) in [4.78, 5) is 11.6. The van der Waals surface area contributed by atoms with Gasteiger partial charge in [-0.1, -0.05) is 17.7 Å². The minimum Gasteiger partial charge on any atom is -0.496 e. The Kier molecular flexibility index (Phi) is 4.62. The molecular weight excluding hydrogens is 296 g/mol. The zero-order chi connectivity index (χ0) is 14.7. The number of anilines is 1. The predicted molar refractivity (Wildman–Crippen MR) is 82.2 cm³/mol. The Labute approximate surface area is 126 Å². The van der Waals surface area contributed by atoms with Crippen molar-refractivity contribution in [3.8, 4) is 5.75 Å². The molecule has 0 aliphatic carbocycles. The molecule has 0 radical (unpaired) electrons. The highest BCUT2D eigenvalue weighted by molar-refractivity contribution is 7.10. The van der Waals surface area contributed by atoms with E-state index in [1.165, 1.54) is 18.5 Å². The van der Waals surface area contributed by atoms with Crippen molar-refractivity contribution in [3.63, 3.8) is 0 Å². The van der Waals surface area contributed by atoms with Crippen LogP contribution in [0.4, 0.5) is 5.00 Å². The van der Waals surface area contributed by atoms with Gasteiger partial charge in [0.25, 0.3) is 0 Å². The first kappa shape index (κ1) is 14.8. The van der Waals surface area contributed by atoms with Crippen molar-refractivity contribution in [1.82, 2.24) is 4.37 Å². The van der Waals surface area contributed by atoms with Crippen molar-refractivity contribution in [2.24, 2.45) is 0 Å². The molecule has 0 spiro atoms. The zero-order valence-corrected chi connectivity index (χ0v) is 13.1. The lowest BCUT2D eigenvalue weighted by Crippen LogP contribution is -2.05. The fourth-order valence-electron chi connectivity index (χ4n) is 1.98. The van der Waals surface area contributed by atoms with Crippen molar-refractivity contribution in [2.75, 3.05) is 12.4 Å². The van der Waals surface area contributed by atoms with Crippen molar-refractivity contribution in [2.45, 2.75) is 20.4 Å². The minimum atomic E-state index is 0.00451. The molecule has 4 nitrogen and oxygen atoms in total. The van der Waals surface area contributed by atoms with E-state index in [-0.39, 0.29) is 5.78 Å². The van der Waals surface area contributed by atoms with Gasteiger partial charge in [-0.05, 0) is 37.5 Å². The van der Waals surface area contributed by atoms with Gasteiger partial charge in [-0.2, -0.15) is 4.37 Å². The van der Waals surface area contributed by atoms with E-state index >= 15 is 0 Å². The van der Waals surface area contributed by atoms with Crippen LogP contribution in [0.3, 0.4) is 0 Å². The Balaban J connectivity index is 2.24. The Morgan fingerprint density at radius 3 is 2.90 bits per heavy atom. The first-order valence-corrected chi connectivity index (χ1v) is 7.22. The maximum atomic E-state index is 11.6. The second-order valence-electron chi connectivity index (χ2n) is 4.30. The monoisotopic (exact) mass is 310 g/mol. The molecule has 0 saturated heterocycles. The van der Waals surface area contributed by atoms with Crippen molar-refractivity contribution in [3.05, 3.63) is 40.0 Å². The summed E-state index contributed by atoms with van der Waals surface area (Å²) in [6, 6.07) is 5.50. The minimum absolute atomic E-state index is 0.00451. The van der Waals surface area contributed by atoms with E-state index in [0.717, 1.165) is 22.0 Å². The number of aryl methyl sites for hydroxylation is 1. The van der Waals surface area contributed by atoms with E-state index in [4.69, 9.17) is 16.3 Å². The Morgan fingerprint density at radius 1 is 1.50 bits per heavy atom. The van der Waals surface area contributed by atoms with Crippen LogP contribution in [0.25, 0.3) is 0 Å². The largest absolute Gasteiger partial charge is 0.496 e. The molecule has 0 atom stereocenters. The highest BCUT2D eigenvalue weighted by atomic mass is 35.5. The number of carbonyl (C=O) groups excluding carboxylic acids is 1. The summed E-state index contributed by atoms with van der Waals surface area (Å²) in [7, 11) is 1.60. The van der Waals surface area contributed by atoms with Crippen LogP contribution in [-0.4, -0.2) is 17.3 Å². The van der Waals surface area contributed by atoms with Crippen LogP contribution in [0.2, 0.25) is 5.02 Å². The molecule has 0 unspecified atom stereocenters. The summed E-state index contributed by atoms with van der Waals surface area (Å²) in [5.74, 6) is 0.723. The summed E-state index contributed by atoms with van der Waals surface area (Å²) >= 11 is 7.46. The number of Topliss-reactive ketones (excluding diaryl/α,β-unsaturated/α-hetero) is 1. The van der Waals surface area contributed by atoms with Gasteiger partial charge in [0, 0.05) is 17.1 Å². The van der Waals surface area contributed by atoms with Crippen molar-refractivity contribution < 1.29 is 9.53 Å². The van der Waals surface area contributed by atoms with Crippen LogP contribution in [0, 0.1) is 6.92 Å². The van der Waals surface area contributed by atoms with Gasteiger partial charge in [0.15, 0.2) is 5.78 Å². The number of carbonyl (C=O) groups is 1. The number of methoxy groups -OCH3 is 1. The lowest BCUT2D eigenvalue weighted by Gasteiger charge is -2.11. The van der Waals surface area contributed by atoms with E-state index in [1.807, 2.05) is 25.1 Å². The third kappa shape index (κ3) is 2.94. The number of ketones is 1. The lowest BCUT2D eigenvalue weighted by atomic mass is 10.1. The molecule has 20 heavy (non-hydrogen) atoms. The van der Waals surface area contributed by atoms with E-state index in [0.29, 0.717) is 17.1 Å². The highest BCUT2D eigenvalue weighted by Gasteiger charge is 2.15. The molecular formula is C14H15ClN2O2S. The van der Waals surface area contributed by atoms with Gasteiger partial charge in [-0.3, -0.25) is 4.79 Å². The molecule has 1 aromatic carbocycles. The van der Waals surface area contributed by atoms with Gasteiger partial charge in [-0.15, -0.1) is 0 Å². The Bertz CT molecular complexity index is 640. The topological polar surface area (TPSA) is 51.2 Å². The molecule has 1 N–H and O–H groups in total. The second kappa shape index (κ2) is 6.24. The number of ether oxygens (including phenoxy) is 1. The summed E-state index contributed by atoms with van der Waals surface area (Å²) in [6.07, 6.45) is 0. The number of aromatic nitrogens is 1. The van der Waals surface area contributed by atoms with Gasteiger partial charge >= 0.3 is 0 Å². The fraction of sp³-hybridized carbons (Fsp3) is 0.286. The average Bonchev–Trinajstić information content (AvgIpc) is 2.78. The highest BCUT2D eigenvalue weighted by Crippen LogP contribution is 2.30. The zero-order valence-electron chi connectivity index (χ0n) is 11.5. The fourth-order valence-corrected chi connectivity index (χ4v) is 3.05. The molecule has 0 amide bonds. The van der Waals surface area contributed by atoms with Crippen LogP contribution in [0.1, 0.15) is 28.5 Å². The molecule has 0 bridgehead atoms. The number of nitrogens with zero attached hydrogens (tertiary/aromatic N) is 1. The third-order valence-corrected chi connectivity index (χ3v) is 4.19. The normalized spacial score (nSPS) is 10.4. The molecule has 2 rings (SSSR count). The molecule has 1 heterocycles. The van der Waals surface area contributed by atoms with Crippen molar-refractivity contribution in [1.29, 1.82) is 0 Å². The average molecular weight is 311 g/mol. The van der Waals surface area contributed by atoms with E-state index in [2.05, 4.69) is 9.69 Å². The van der Waals surface area contributed by atoms with Crippen molar-refractivity contribution >= 4 is 33.9 Å². The first-order valence-electron chi connectivity index (χ1n) is 6.07. The molecule has 0 aliphatic rings. The molecule has 6 heteroatoms. The Morgan fingerprint density at radius 2 is 2.25 bits per heavy atom.